The summed E-state index contributed by atoms with van der Waals surface area (Å²) in [6.07, 6.45) is -3.00. The van der Waals surface area contributed by atoms with E-state index in [9.17, 15) is 22.8 Å². The number of carbonyl (C=O) groups is 1. The highest BCUT2D eigenvalue weighted by Gasteiger charge is 2.30. The Morgan fingerprint density at radius 1 is 1.04 bits per heavy atom. The molecule has 0 saturated heterocycles. The van der Waals surface area contributed by atoms with Crippen LogP contribution in [0, 0.1) is 0 Å². The van der Waals surface area contributed by atoms with Gasteiger partial charge in [0, 0.05) is 16.9 Å². The highest BCUT2D eigenvalue weighted by Crippen LogP contribution is 2.30. The Morgan fingerprint density at radius 2 is 1.75 bits per heavy atom. The van der Waals surface area contributed by atoms with Crippen LogP contribution >= 0.6 is 11.6 Å². The molecule has 1 heterocycles. The lowest BCUT2D eigenvalue weighted by molar-refractivity contribution is -0.137. The van der Waals surface area contributed by atoms with Crippen LogP contribution in [0.1, 0.15) is 21.5 Å². The number of rotatable bonds is 4. The van der Waals surface area contributed by atoms with Gasteiger partial charge in [-0.2, -0.15) is 13.2 Å². The van der Waals surface area contributed by atoms with Crippen molar-refractivity contribution in [3.05, 3.63) is 98.9 Å². The first kappa shape index (κ1) is 19.7. The molecule has 0 aliphatic heterocycles. The van der Waals surface area contributed by atoms with Gasteiger partial charge in [0.15, 0.2) is 0 Å². The number of anilines is 1. The molecule has 2 aromatic carbocycles. The standard InChI is InChI=1S/C20H14ClF3N2O2/c21-15-8-6-13(7-9-15)12-26-10-2-5-17(19(26)28)18(27)25-16-4-1-3-14(11-16)20(22,23)24/h1-11H,12H2,(H,25,27). The molecule has 8 heteroatoms. The molecule has 0 aliphatic rings. The average molecular weight is 407 g/mol. The van der Waals surface area contributed by atoms with Crippen LogP contribution in [-0.2, 0) is 12.7 Å². The SMILES string of the molecule is O=C(Nc1cccc(C(F)(F)F)c1)c1cccn(Cc2ccc(Cl)cc2)c1=O. The summed E-state index contributed by atoms with van der Waals surface area (Å²) in [5, 5.41) is 2.90. The van der Waals surface area contributed by atoms with Crippen LogP contribution in [0.25, 0.3) is 0 Å². The number of nitrogens with one attached hydrogen (secondary N) is 1. The molecule has 0 unspecified atom stereocenters. The normalized spacial score (nSPS) is 11.3. The summed E-state index contributed by atoms with van der Waals surface area (Å²) < 4.78 is 39.7. The van der Waals surface area contributed by atoms with Gasteiger partial charge in [-0.1, -0.05) is 29.8 Å². The Hall–Kier alpha value is -3.06. The van der Waals surface area contributed by atoms with Gasteiger partial charge in [-0.15, -0.1) is 0 Å². The Kier molecular flexibility index (Phi) is 5.56. The maximum absolute atomic E-state index is 12.8. The largest absolute Gasteiger partial charge is 0.416 e. The van der Waals surface area contributed by atoms with E-state index in [2.05, 4.69) is 5.32 Å². The lowest BCUT2D eigenvalue weighted by Gasteiger charge is -2.11. The number of carbonyl (C=O) groups excluding carboxylic acids is 1. The lowest BCUT2D eigenvalue weighted by Crippen LogP contribution is -2.29. The van der Waals surface area contributed by atoms with Crippen molar-refractivity contribution in [1.82, 2.24) is 4.57 Å². The second kappa shape index (κ2) is 7.90. The smallest absolute Gasteiger partial charge is 0.322 e. The molecule has 4 nitrogen and oxygen atoms in total. The third kappa shape index (κ3) is 4.61. The maximum atomic E-state index is 12.8. The van der Waals surface area contributed by atoms with Gasteiger partial charge in [-0.3, -0.25) is 9.59 Å². The Labute approximate surface area is 163 Å². The van der Waals surface area contributed by atoms with Crippen LogP contribution in [-0.4, -0.2) is 10.5 Å². The minimum absolute atomic E-state index is 0.0488. The van der Waals surface area contributed by atoms with E-state index in [0.29, 0.717) is 5.02 Å². The van der Waals surface area contributed by atoms with E-state index in [1.165, 1.54) is 35.0 Å². The number of amides is 1. The maximum Gasteiger partial charge on any atom is 0.416 e. The zero-order valence-corrected chi connectivity index (χ0v) is 15.1. The van der Waals surface area contributed by atoms with Crippen LogP contribution in [0.15, 0.2) is 71.7 Å². The van der Waals surface area contributed by atoms with Gasteiger partial charge in [0.1, 0.15) is 5.56 Å². The number of hydrogen-bond acceptors (Lipinski definition) is 2. The Morgan fingerprint density at radius 3 is 2.43 bits per heavy atom. The molecule has 1 amide bonds. The summed E-state index contributed by atoms with van der Waals surface area (Å²) in [5.41, 5.74) is -0.858. The zero-order chi connectivity index (χ0) is 20.3. The monoisotopic (exact) mass is 406 g/mol. The Bertz CT molecular complexity index is 1060. The van der Waals surface area contributed by atoms with Crippen LogP contribution in [0.4, 0.5) is 18.9 Å². The molecule has 1 N–H and O–H groups in total. The van der Waals surface area contributed by atoms with Crippen molar-refractivity contribution >= 4 is 23.2 Å². The summed E-state index contributed by atoms with van der Waals surface area (Å²) in [6.45, 7) is 0.223. The number of alkyl halides is 3. The number of hydrogen-bond donors (Lipinski definition) is 1. The molecule has 0 spiro atoms. The topological polar surface area (TPSA) is 51.1 Å². The van der Waals surface area contributed by atoms with Crippen molar-refractivity contribution < 1.29 is 18.0 Å². The molecule has 0 bridgehead atoms. The molecule has 0 radical (unpaired) electrons. The Balaban J connectivity index is 1.83. The fourth-order valence-electron chi connectivity index (χ4n) is 2.59. The number of aromatic nitrogens is 1. The third-order valence-corrected chi connectivity index (χ3v) is 4.23. The molecular formula is C20H14ClF3N2O2. The van der Waals surface area contributed by atoms with E-state index >= 15 is 0 Å². The fourth-order valence-corrected chi connectivity index (χ4v) is 2.72. The molecule has 0 saturated carbocycles. The van der Waals surface area contributed by atoms with E-state index in [0.717, 1.165) is 17.7 Å². The summed E-state index contributed by atoms with van der Waals surface area (Å²) in [5.74, 6) is -0.783. The first-order chi connectivity index (χ1) is 13.2. The zero-order valence-electron chi connectivity index (χ0n) is 14.3. The molecule has 0 aliphatic carbocycles. The van der Waals surface area contributed by atoms with E-state index in [-0.39, 0.29) is 17.8 Å². The predicted molar refractivity (Wildman–Crippen MR) is 101 cm³/mol. The minimum atomic E-state index is -4.53. The highest BCUT2D eigenvalue weighted by molar-refractivity contribution is 6.30. The minimum Gasteiger partial charge on any atom is -0.322 e. The molecule has 0 atom stereocenters. The molecule has 28 heavy (non-hydrogen) atoms. The summed E-state index contributed by atoms with van der Waals surface area (Å²) in [4.78, 5) is 25.0. The molecule has 3 aromatic rings. The number of nitrogens with zero attached hydrogens (tertiary/aromatic N) is 1. The number of pyridine rings is 1. The van der Waals surface area contributed by atoms with Crippen molar-refractivity contribution in [2.75, 3.05) is 5.32 Å². The fraction of sp³-hybridized carbons (Fsp3) is 0.100. The molecule has 0 fully saturated rings. The van der Waals surface area contributed by atoms with E-state index < -0.39 is 23.2 Å². The quantitative estimate of drug-likeness (QED) is 0.675. The first-order valence-electron chi connectivity index (χ1n) is 8.16. The molecule has 3 rings (SSSR count). The van der Waals surface area contributed by atoms with Gasteiger partial charge in [-0.05, 0) is 48.0 Å². The molecule has 144 valence electrons. The van der Waals surface area contributed by atoms with Crippen molar-refractivity contribution in [1.29, 1.82) is 0 Å². The van der Waals surface area contributed by atoms with E-state index in [1.807, 2.05) is 0 Å². The second-order valence-electron chi connectivity index (χ2n) is 6.01. The van der Waals surface area contributed by atoms with Gasteiger partial charge >= 0.3 is 6.18 Å². The summed E-state index contributed by atoms with van der Waals surface area (Å²) in [7, 11) is 0. The van der Waals surface area contributed by atoms with Crippen molar-refractivity contribution in [2.45, 2.75) is 12.7 Å². The van der Waals surface area contributed by atoms with Gasteiger partial charge in [0.2, 0.25) is 0 Å². The average Bonchev–Trinajstić information content (AvgIpc) is 2.64. The van der Waals surface area contributed by atoms with Crippen molar-refractivity contribution in [3.8, 4) is 0 Å². The van der Waals surface area contributed by atoms with Crippen LogP contribution in [0.2, 0.25) is 5.02 Å². The van der Waals surface area contributed by atoms with Crippen LogP contribution < -0.4 is 10.9 Å². The highest BCUT2D eigenvalue weighted by atomic mass is 35.5. The van der Waals surface area contributed by atoms with Gasteiger partial charge < -0.3 is 9.88 Å². The number of benzene rings is 2. The molecular weight excluding hydrogens is 393 g/mol. The number of halogens is 4. The summed E-state index contributed by atoms with van der Waals surface area (Å²) >= 11 is 5.84. The van der Waals surface area contributed by atoms with E-state index in [4.69, 9.17) is 11.6 Å². The van der Waals surface area contributed by atoms with Gasteiger partial charge in [0.25, 0.3) is 11.5 Å². The van der Waals surface area contributed by atoms with Crippen LogP contribution in [0.5, 0.6) is 0 Å². The van der Waals surface area contributed by atoms with Gasteiger partial charge in [-0.25, -0.2) is 0 Å². The van der Waals surface area contributed by atoms with Gasteiger partial charge in [0.05, 0.1) is 12.1 Å². The second-order valence-corrected chi connectivity index (χ2v) is 6.45. The predicted octanol–water partition coefficient (Wildman–Crippen LogP) is 4.82. The summed E-state index contributed by atoms with van der Waals surface area (Å²) in [6, 6.07) is 13.9. The third-order valence-electron chi connectivity index (χ3n) is 3.98. The van der Waals surface area contributed by atoms with Crippen LogP contribution in [0.3, 0.4) is 0 Å². The van der Waals surface area contributed by atoms with E-state index in [1.54, 1.807) is 24.3 Å². The van der Waals surface area contributed by atoms with Crippen molar-refractivity contribution in [2.24, 2.45) is 0 Å². The van der Waals surface area contributed by atoms with Crippen molar-refractivity contribution in [3.63, 3.8) is 0 Å². The first-order valence-corrected chi connectivity index (χ1v) is 8.54. The molecule has 1 aromatic heterocycles. The lowest BCUT2D eigenvalue weighted by atomic mass is 10.1.